The van der Waals surface area contributed by atoms with Crippen LogP contribution in [0.1, 0.15) is 60.6 Å². The maximum absolute atomic E-state index is 14.0. The lowest BCUT2D eigenvalue weighted by molar-refractivity contribution is -0.141. The molecule has 2 amide bonds. The minimum Gasteiger partial charge on any atom is -0.467 e. The second-order valence-electron chi connectivity index (χ2n) is 9.74. The van der Waals surface area contributed by atoms with Crippen molar-refractivity contribution in [3.8, 4) is 0 Å². The van der Waals surface area contributed by atoms with Crippen molar-refractivity contribution in [1.82, 2.24) is 15.2 Å². The topological polar surface area (TPSA) is 78.3 Å². The van der Waals surface area contributed by atoms with E-state index in [9.17, 15) is 9.59 Å². The van der Waals surface area contributed by atoms with Crippen LogP contribution < -0.4 is 5.32 Å². The number of carbonyl (C=O) groups is 2. The van der Waals surface area contributed by atoms with E-state index in [1.165, 1.54) is 6.42 Å². The Labute approximate surface area is 211 Å². The highest BCUT2D eigenvalue weighted by atomic mass is 16.3. The number of furan rings is 1. The fourth-order valence-electron chi connectivity index (χ4n) is 5.31. The van der Waals surface area contributed by atoms with E-state index in [0.717, 1.165) is 53.3 Å². The molecule has 6 nitrogen and oxygen atoms in total. The van der Waals surface area contributed by atoms with Crippen LogP contribution in [0.5, 0.6) is 0 Å². The summed E-state index contributed by atoms with van der Waals surface area (Å²) in [6.45, 7) is 2.21. The highest BCUT2D eigenvalue weighted by molar-refractivity contribution is 5.92. The molecule has 0 saturated heterocycles. The zero-order valence-electron chi connectivity index (χ0n) is 20.7. The summed E-state index contributed by atoms with van der Waals surface area (Å²) >= 11 is 0. The van der Waals surface area contributed by atoms with Crippen molar-refractivity contribution in [2.45, 2.75) is 64.1 Å². The van der Waals surface area contributed by atoms with Crippen LogP contribution in [0, 0.1) is 6.92 Å². The van der Waals surface area contributed by atoms with Gasteiger partial charge >= 0.3 is 0 Å². The summed E-state index contributed by atoms with van der Waals surface area (Å²) in [6.07, 6.45) is 9.08. The monoisotopic (exact) mass is 483 g/mol. The van der Waals surface area contributed by atoms with Crippen LogP contribution in [0.25, 0.3) is 10.9 Å². The number of aromatic amines is 1. The Balaban J connectivity index is 1.51. The number of nitrogens with one attached hydrogen (secondary N) is 2. The Morgan fingerprint density at radius 2 is 1.81 bits per heavy atom. The van der Waals surface area contributed by atoms with Crippen molar-refractivity contribution < 1.29 is 14.0 Å². The number of fused-ring (bicyclic) bond motifs is 1. The fourth-order valence-corrected chi connectivity index (χ4v) is 5.31. The third-order valence-corrected chi connectivity index (χ3v) is 7.24. The van der Waals surface area contributed by atoms with Crippen molar-refractivity contribution in [3.63, 3.8) is 0 Å². The Hall–Kier alpha value is -3.80. The molecule has 0 unspecified atom stereocenters. The summed E-state index contributed by atoms with van der Waals surface area (Å²) < 4.78 is 5.63. The summed E-state index contributed by atoms with van der Waals surface area (Å²) in [7, 11) is 0. The van der Waals surface area contributed by atoms with Crippen LogP contribution in [0.4, 0.5) is 0 Å². The van der Waals surface area contributed by atoms with E-state index in [1.807, 2.05) is 73.8 Å². The highest BCUT2D eigenvalue weighted by Gasteiger charge is 2.34. The number of H-pyrrole nitrogens is 1. The molecule has 1 atom stereocenters. The van der Waals surface area contributed by atoms with Crippen molar-refractivity contribution >= 4 is 22.7 Å². The van der Waals surface area contributed by atoms with Gasteiger partial charge in [-0.3, -0.25) is 9.59 Å². The molecule has 5 rings (SSSR count). The zero-order chi connectivity index (χ0) is 24.9. The van der Waals surface area contributed by atoms with Gasteiger partial charge in [-0.2, -0.15) is 0 Å². The van der Waals surface area contributed by atoms with Gasteiger partial charge in [0.2, 0.25) is 11.8 Å². The molecule has 4 aromatic rings. The van der Waals surface area contributed by atoms with E-state index < -0.39 is 6.04 Å². The van der Waals surface area contributed by atoms with E-state index >= 15 is 0 Å². The predicted octanol–water partition coefficient (Wildman–Crippen LogP) is 5.83. The van der Waals surface area contributed by atoms with Crippen molar-refractivity contribution in [2.24, 2.45) is 0 Å². The predicted molar refractivity (Wildman–Crippen MR) is 140 cm³/mol. The van der Waals surface area contributed by atoms with Crippen LogP contribution in [-0.4, -0.2) is 27.7 Å². The molecule has 1 aliphatic rings. The van der Waals surface area contributed by atoms with Crippen LogP contribution in [0.3, 0.4) is 0 Å². The van der Waals surface area contributed by atoms with E-state index in [4.69, 9.17) is 4.42 Å². The molecule has 0 bridgehead atoms. The van der Waals surface area contributed by atoms with Gasteiger partial charge in [0.25, 0.3) is 0 Å². The Morgan fingerprint density at radius 3 is 2.58 bits per heavy atom. The van der Waals surface area contributed by atoms with Gasteiger partial charge in [0, 0.05) is 23.1 Å². The first-order valence-corrected chi connectivity index (χ1v) is 12.8. The smallest absolute Gasteiger partial charge is 0.247 e. The van der Waals surface area contributed by atoms with Gasteiger partial charge in [-0.1, -0.05) is 61.7 Å². The highest BCUT2D eigenvalue weighted by Crippen LogP contribution is 2.29. The summed E-state index contributed by atoms with van der Waals surface area (Å²) in [5, 5.41) is 4.30. The molecule has 0 aliphatic heterocycles. The van der Waals surface area contributed by atoms with Crippen LogP contribution in [-0.2, 0) is 22.6 Å². The summed E-state index contributed by atoms with van der Waals surface area (Å²) in [4.78, 5) is 32.8. The summed E-state index contributed by atoms with van der Waals surface area (Å²) in [5.41, 5.74) is 3.72. The van der Waals surface area contributed by atoms with Gasteiger partial charge in [-0.15, -0.1) is 0 Å². The quantitative estimate of drug-likeness (QED) is 0.331. The fraction of sp³-hybridized carbons (Fsp3) is 0.333. The van der Waals surface area contributed by atoms with Crippen molar-refractivity contribution in [1.29, 1.82) is 0 Å². The minimum atomic E-state index is -0.754. The lowest BCUT2D eigenvalue weighted by Crippen LogP contribution is -2.47. The number of benzene rings is 2. The minimum absolute atomic E-state index is 0.122. The maximum atomic E-state index is 14.0. The molecule has 2 aromatic heterocycles. The van der Waals surface area contributed by atoms with Gasteiger partial charge < -0.3 is 19.6 Å². The van der Waals surface area contributed by atoms with Gasteiger partial charge in [-0.25, -0.2) is 0 Å². The molecule has 0 spiro atoms. The largest absolute Gasteiger partial charge is 0.467 e. The first-order valence-electron chi connectivity index (χ1n) is 12.8. The third-order valence-electron chi connectivity index (χ3n) is 7.24. The van der Waals surface area contributed by atoms with Gasteiger partial charge in [0.1, 0.15) is 11.8 Å². The van der Waals surface area contributed by atoms with Crippen molar-refractivity contribution in [2.75, 3.05) is 0 Å². The lowest BCUT2D eigenvalue weighted by Gasteiger charge is -2.33. The molecule has 0 radical (unpaired) electrons. The average Bonchev–Trinajstić information content (AvgIpc) is 3.55. The van der Waals surface area contributed by atoms with Crippen molar-refractivity contribution in [3.05, 3.63) is 95.6 Å². The number of hydrogen-bond acceptors (Lipinski definition) is 3. The molecule has 2 heterocycles. The number of para-hydroxylation sites is 1. The number of aryl methyl sites for hydroxylation is 1. The van der Waals surface area contributed by atoms with Crippen LogP contribution >= 0.6 is 0 Å². The van der Waals surface area contributed by atoms with Gasteiger partial charge in [0.05, 0.1) is 19.2 Å². The maximum Gasteiger partial charge on any atom is 0.247 e. The Kier molecular flexibility index (Phi) is 7.21. The zero-order valence-corrected chi connectivity index (χ0v) is 20.7. The van der Waals surface area contributed by atoms with E-state index in [-0.39, 0.29) is 30.8 Å². The second kappa shape index (κ2) is 10.9. The number of nitrogens with zero attached hydrogens (tertiary/aromatic N) is 1. The molecular weight excluding hydrogens is 450 g/mol. The number of carbonyl (C=O) groups excluding carboxylic acids is 2. The molecule has 2 aromatic carbocycles. The molecule has 6 heteroatoms. The standard InChI is InChI=1S/C30H33N3O3/c1-21-10-5-6-14-25(21)29(30(35)32-23-11-3-2-4-12-23)33(20-24-13-9-17-36-24)28(34)18-22-19-31-27-16-8-7-15-26(22)27/h5-10,13-17,19,23,29,31H,2-4,11-12,18,20H2,1H3,(H,32,35)/t29-/m1/s1. The number of rotatable bonds is 8. The van der Waals surface area contributed by atoms with Crippen LogP contribution in [0.15, 0.2) is 77.5 Å². The molecule has 1 saturated carbocycles. The molecular formula is C30H33N3O3. The Bertz CT molecular complexity index is 1320. The molecule has 1 fully saturated rings. The second-order valence-corrected chi connectivity index (χ2v) is 9.74. The molecule has 2 N–H and O–H groups in total. The Morgan fingerprint density at radius 1 is 1.03 bits per heavy atom. The molecule has 36 heavy (non-hydrogen) atoms. The molecule has 186 valence electrons. The number of aromatic nitrogens is 1. The molecule has 1 aliphatic carbocycles. The third kappa shape index (κ3) is 5.23. The van der Waals surface area contributed by atoms with Gasteiger partial charge in [-0.05, 0) is 54.7 Å². The SMILES string of the molecule is Cc1ccccc1[C@H](C(=O)NC1CCCCC1)N(Cc1ccco1)C(=O)Cc1c[nH]c2ccccc12. The summed E-state index contributed by atoms with van der Waals surface area (Å²) in [5.74, 6) is 0.393. The summed E-state index contributed by atoms with van der Waals surface area (Å²) in [6, 6.07) is 18.8. The van der Waals surface area contributed by atoms with Crippen LogP contribution in [0.2, 0.25) is 0 Å². The lowest BCUT2D eigenvalue weighted by atomic mass is 9.93. The van der Waals surface area contributed by atoms with E-state index in [1.54, 1.807) is 11.2 Å². The van der Waals surface area contributed by atoms with E-state index in [2.05, 4.69) is 10.3 Å². The van der Waals surface area contributed by atoms with Gasteiger partial charge in [0.15, 0.2) is 0 Å². The average molecular weight is 484 g/mol. The first-order chi connectivity index (χ1) is 17.6. The number of hydrogen-bond donors (Lipinski definition) is 2. The first kappa shape index (κ1) is 23.9. The normalized spacial score (nSPS) is 15.0. The van der Waals surface area contributed by atoms with E-state index in [0.29, 0.717) is 5.76 Å². The number of amides is 2.